The fourth-order valence-corrected chi connectivity index (χ4v) is 2.62. The lowest BCUT2D eigenvalue weighted by Gasteiger charge is -2.13. The average Bonchev–Trinajstić information content (AvgIpc) is 3.07. The van der Waals surface area contributed by atoms with Gasteiger partial charge in [-0.25, -0.2) is 9.78 Å². The van der Waals surface area contributed by atoms with Crippen LogP contribution in [0.1, 0.15) is 11.3 Å². The molecule has 0 aliphatic rings. The molecule has 1 amide bonds. The number of rotatable bonds is 7. The molecule has 0 radical (unpaired) electrons. The first-order chi connectivity index (χ1) is 13.5. The molecular formula is C18H19N7O3. The molecule has 0 fully saturated rings. The van der Waals surface area contributed by atoms with Crippen molar-refractivity contribution < 1.29 is 14.6 Å². The van der Waals surface area contributed by atoms with E-state index in [-0.39, 0.29) is 0 Å². The lowest BCUT2D eigenvalue weighted by Crippen LogP contribution is -2.11. The molecule has 0 aliphatic carbocycles. The summed E-state index contributed by atoms with van der Waals surface area (Å²) in [6.07, 6.45) is 0.315. The maximum Gasteiger partial charge on any atom is 0.409 e. The Labute approximate surface area is 160 Å². The lowest BCUT2D eigenvalue weighted by atomic mass is 10.2. The highest BCUT2D eigenvalue weighted by Gasteiger charge is 2.12. The molecule has 144 valence electrons. The summed E-state index contributed by atoms with van der Waals surface area (Å²) in [6.45, 7) is 2.87. The monoisotopic (exact) mass is 381 g/mol. The summed E-state index contributed by atoms with van der Waals surface area (Å²) in [5.74, 6) is 0.465. The molecule has 3 aromatic rings. The van der Waals surface area contributed by atoms with E-state index in [1.54, 1.807) is 25.3 Å². The molecule has 2 heterocycles. The molecule has 0 atom stereocenters. The molecular weight excluding hydrogens is 362 g/mol. The zero-order valence-corrected chi connectivity index (χ0v) is 15.4. The van der Waals surface area contributed by atoms with Crippen LogP contribution in [-0.2, 0) is 4.74 Å². The number of ether oxygens (including phenoxy) is 1. The van der Waals surface area contributed by atoms with E-state index in [4.69, 9.17) is 9.84 Å². The Morgan fingerprint density at radius 1 is 1.36 bits per heavy atom. The van der Waals surface area contributed by atoms with Gasteiger partial charge in [0.05, 0.1) is 18.5 Å². The number of nitrogens with zero attached hydrogens (tertiary/aromatic N) is 4. The number of benzene rings is 1. The number of aryl methyl sites for hydroxylation is 1. The first-order valence-corrected chi connectivity index (χ1v) is 8.41. The fraction of sp³-hybridized carbons (Fsp3) is 0.222. The van der Waals surface area contributed by atoms with Gasteiger partial charge in [0.1, 0.15) is 6.07 Å². The van der Waals surface area contributed by atoms with Crippen LogP contribution in [0, 0.1) is 18.3 Å². The minimum absolute atomic E-state index is 0.297. The van der Waals surface area contributed by atoms with Gasteiger partial charge in [-0.3, -0.25) is 5.32 Å². The molecule has 3 rings (SSSR count). The van der Waals surface area contributed by atoms with Crippen molar-refractivity contribution in [2.24, 2.45) is 0 Å². The van der Waals surface area contributed by atoms with Crippen LogP contribution >= 0.6 is 0 Å². The van der Waals surface area contributed by atoms with E-state index in [2.05, 4.69) is 32.1 Å². The second kappa shape index (κ2) is 8.24. The molecule has 0 unspecified atom stereocenters. The summed E-state index contributed by atoms with van der Waals surface area (Å²) >= 11 is 0. The molecule has 0 saturated carbocycles. The van der Waals surface area contributed by atoms with Crippen molar-refractivity contribution in [1.29, 1.82) is 5.26 Å². The van der Waals surface area contributed by atoms with E-state index in [1.165, 1.54) is 10.7 Å². The highest BCUT2D eigenvalue weighted by atomic mass is 16.5. The zero-order chi connectivity index (χ0) is 20.1. The smallest absolute Gasteiger partial charge is 0.409 e. The predicted molar refractivity (Wildman–Crippen MR) is 104 cm³/mol. The minimum Gasteiger partial charge on any atom is -0.465 e. The van der Waals surface area contributed by atoms with E-state index in [0.717, 1.165) is 5.56 Å². The molecule has 0 bridgehead atoms. The molecule has 10 heteroatoms. The Balaban J connectivity index is 1.96. The van der Waals surface area contributed by atoms with Crippen LogP contribution in [0.2, 0.25) is 0 Å². The second-order valence-electron chi connectivity index (χ2n) is 5.94. The van der Waals surface area contributed by atoms with Crippen molar-refractivity contribution in [3.63, 3.8) is 0 Å². The topological polar surface area (TPSA) is 137 Å². The number of carbonyl (C=O) groups is 1. The van der Waals surface area contributed by atoms with Gasteiger partial charge >= 0.3 is 6.09 Å². The van der Waals surface area contributed by atoms with E-state index >= 15 is 0 Å². The van der Waals surface area contributed by atoms with Crippen LogP contribution in [0.5, 0.6) is 0 Å². The van der Waals surface area contributed by atoms with Crippen LogP contribution in [0.25, 0.3) is 5.65 Å². The van der Waals surface area contributed by atoms with Crippen molar-refractivity contribution in [3.05, 3.63) is 41.7 Å². The largest absolute Gasteiger partial charge is 0.465 e. The lowest BCUT2D eigenvalue weighted by molar-refractivity contribution is 0.209. The van der Waals surface area contributed by atoms with Gasteiger partial charge in [-0.15, -0.1) is 5.10 Å². The number of amides is 1. The molecule has 28 heavy (non-hydrogen) atoms. The summed E-state index contributed by atoms with van der Waals surface area (Å²) in [7, 11) is 1.61. The van der Waals surface area contributed by atoms with E-state index in [0.29, 0.717) is 47.4 Å². The summed E-state index contributed by atoms with van der Waals surface area (Å²) in [4.78, 5) is 15.2. The van der Waals surface area contributed by atoms with Crippen LogP contribution in [0.15, 0.2) is 30.5 Å². The Bertz CT molecular complexity index is 1060. The first-order valence-electron chi connectivity index (χ1n) is 8.41. The van der Waals surface area contributed by atoms with Crippen molar-refractivity contribution in [2.45, 2.75) is 6.92 Å². The molecule has 4 N–H and O–H groups in total. The number of nitrogens with one attached hydrogen (secondary N) is 3. The van der Waals surface area contributed by atoms with Gasteiger partial charge in [-0.1, -0.05) is 6.07 Å². The Kier molecular flexibility index (Phi) is 5.57. The van der Waals surface area contributed by atoms with Crippen LogP contribution in [0.4, 0.5) is 27.7 Å². The quantitative estimate of drug-likeness (QED) is 0.459. The number of aromatic nitrogens is 3. The van der Waals surface area contributed by atoms with Crippen molar-refractivity contribution in [3.8, 4) is 6.07 Å². The number of methoxy groups -OCH3 is 1. The summed E-state index contributed by atoms with van der Waals surface area (Å²) in [5.41, 5.74) is 3.41. The second-order valence-corrected chi connectivity index (χ2v) is 5.94. The van der Waals surface area contributed by atoms with E-state index < -0.39 is 6.09 Å². The molecule has 0 spiro atoms. The number of fused-ring (bicyclic) bond motifs is 1. The SMILES string of the molecule is COCCNc1cc(Nc2ccc(C)c(NC(=O)O)c2)nn2c(C#N)cnc12. The molecule has 0 saturated heterocycles. The number of imidazole rings is 1. The number of carboxylic acid groups (broad SMARTS) is 1. The molecule has 1 aromatic carbocycles. The number of hydrogen-bond acceptors (Lipinski definition) is 7. The van der Waals surface area contributed by atoms with Crippen LogP contribution in [-0.4, -0.2) is 46.1 Å². The third-order valence-corrected chi connectivity index (χ3v) is 3.96. The highest BCUT2D eigenvalue weighted by molar-refractivity contribution is 5.85. The van der Waals surface area contributed by atoms with Gasteiger partial charge in [-0.2, -0.15) is 9.78 Å². The normalized spacial score (nSPS) is 10.5. The zero-order valence-electron chi connectivity index (χ0n) is 15.4. The van der Waals surface area contributed by atoms with Gasteiger partial charge in [0.2, 0.25) is 0 Å². The Morgan fingerprint density at radius 2 is 2.18 bits per heavy atom. The summed E-state index contributed by atoms with van der Waals surface area (Å²) < 4.78 is 6.50. The fourth-order valence-electron chi connectivity index (χ4n) is 2.62. The predicted octanol–water partition coefficient (Wildman–Crippen LogP) is 2.80. The van der Waals surface area contributed by atoms with Crippen molar-refractivity contribution >= 4 is 34.6 Å². The first kappa shape index (κ1) is 18.9. The summed E-state index contributed by atoms with van der Waals surface area (Å²) in [5, 5.41) is 31.4. The van der Waals surface area contributed by atoms with Crippen molar-refractivity contribution in [1.82, 2.24) is 14.6 Å². The van der Waals surface area contributed by atoms with Gasteiger partial charge in [0, 0.05) is 31.1 Å². The number of nitriles is 1. The van der Waals surface area contributed by atoms with Gasteiger partial charge < -0.3 is 20.5 Å². The maximum absolute atomic E-state index is 10.9. The maximum atomic E-state index is 10.9. The number of anilines is 4. The van der Waals surface area contributed by atoms with Gasteiger partial charge in [-0.05, 0) is 24.6 Å². The average molecular weight is 381 g/mol. The van der Waals surface area contributed by atoms with E-state index in [1.807, 2.05) is 13.0 Å². The molecule has 2 aromatic heterocycles. The number of hydrogen-bond donors (Lipinski definition) is 4. The Morgan fingerprint density at radius 3 is 2.89 bits per heavy atom. The van der Waals surface area contributed by atoms with Gasteiger partial charge in [0.25, 0.3) is 0 Å². The third kappa shape index (κ3) is 4.11. The summed E-state index contributed by atoms with van der Waals surface area (Å²) in [6, 6.07) is 9.10. The minimum atomic E-state index is -1.14. The molecule has 0 aliphatic heterocycles. The third-order valence-electron chi connectivity index (χ3n) is 3.96. The van der Waals surface area contributed by atoms with Crippen LogP contribution < -0.4 is 16.0 Å². The molecule has 10 nitrogen and oxygen atoms in total. The highest BCUT2D eigenvalue weighted by Crippen LogP contribution is 2.25. The standard InChI is InChI=1S/C18H19N7O3/c1-11-3-4-12(7-14(11)23-18(26)27)22-16-8-15(20-5-6-28-2)17-21-10-13(9-19)25(17)24-16/h3-4,7-8,10,20,23H,5-6H2,1-2H3,(H,22,24)(H,26,27). The van der Waals surface area contributed by atoms with Crippen LogP contribution in [0.3, 0.4) is 0 Å². The Hall–Kier alpha value is -3.84. The van der Waals surface area contributed by atoms with Crippen molar-refractivity contribution in [2.75, 3.05) is 36.2 Å². The van der Waals surface area contributed by atoms with Gasteiger partial charge in [0.15, 0.2) is 17.2 Å². The van der Waals surface area contributed by atoms with E-state index in [9.17, 15) is 10.1 Å².